The van der Waals surface area contributed by atoms with Crippen LogP contribution in [0.5, 0.6) is 0 Å². The SMILES string of the molecule is Cc1ccc(S(=O)(=O)N2C[C@@H]3OC(C)(C)O[C@H]3C=C2CO)cc1. The molecule has 1 fully saturated rings. The van der Waals surface area contributed by atoms with Gasteiger partial charge in [-0.05, 0) is 39.0 Å². The monoisotopic (exact) mass is 339 g/mol. The van der Waals surface area contributed by atoms with Crippen LogP contribution in [0.2, 0.25) is 0 Å². The molecule has 6 nitrogen and oxygen atoms in total. The Labute approximate surface area is 136 Å². The largest absolute Gasteiger partial charge is 0.390 e. The van der Waals surface area contributed by atoms with E-state index in [4.69, 9.17) is 9.47 Å². The first-order chi connectivity index (χ1) is 10.7. The summed E-state index contributed by atoms with van der Waals surface area (Å²) in [6, 6.07) is 6.64. The molecule has 0 radical (unpaired) electrons. The van der Waals surface area contributed by atoms with E-state index in [2.05, 4.69) is 0 Å². The van der Waals surface area contributed by atoms with Gasteiger partial charge in [0.2, 0.25) is 0 Å². The minimum atomic E-state index is -3.75. The molecule has 1 N–H and O–H groups in total. The molecular weight excluding hydrogens is 318 g/mol. The molecular formula is C16H21NO5S. The Morgan fingerprint density at radius 3 is 2.52 bits per heavy atom. The molecule has 0 aliphatic carbocycles. The second-order valence-electron chi connectivity index (χ2n) is 6.30. The van der Waals surface area contributed by atoms with Crippen molar-refractivity contribution >= 4 is 10.0 Å². The fraction of sp³-hybridized carbons (Fsp3) is 0.500. The molecule has 0 unspecified atom stereocenters. The second kappa shape index (κ2) is 5.59. The summed E-state index contributed by atoms with van der Waals surface area (Å²) in [6.45, 7) is 5.22. The van der Waals surface area contributed by atoms with Gasteiger partial charge in [-0.25, -0.2) is 8.42 Å². The maximum absolute atomic E-state index is 12.9. The zero-order valence-corrected chi connectivity index (χ0v) is 14.2. The van der Waals surface area contributed by atoms with Crippen LogP contribution in [-0.4, -0.2) is 49.0 Å². The Hall–Kier alpha value is -1.41. The summed E-state index contributed by atoms with van der Waals surface area (Å²) in [5.74, 6) is -0.768. The van der Waals surface area contributed by atoms with E-state index in [1.165, 1.54) is 4.31 Å². The Balaban J connectivity index is 1.96. The molecule has 2 aliphatic heterocycles. The molecule has 7 heteroatoms. The van der Waals surface area contributed by atoms with Crippen LogP contribution in [-0.2, 0) is 19.5 Å². The van der Waals surface area contributed by atoms with Crippen molar-refractivity contribution < 1.29 is 23.0 Å². The van der Waals surface area contributed by atoms with E-state index in [-0.39, 0.29) is 30.3 Å². The molecule has 3 rings (SSSR count). The van der Waals surface area contributed by atoms with Gasteiger partial charge in [-0.1, -0.05) is 17.7 Å². The zero-order valence-electron chi connectivity index (χ0n) is 13.4. The Morgan fingerprint density at radius 2 is 1.91 bits per heavy atom. The lowest BCUT2D eigenvalue weighted by Crippen LogP contribution is -2.45. The summed E-state index contributed by atoms with van der Waals surface area (Å²) in [4.78, 5) is 0.194. The van der Waals surface area contributed by atoms with Crippen LogP contribution >= 0.6 is 0 Å². The van der Waals surface area contributed by atoms with Gasteiger partial charge in [0, 0.05) is 0 Å². The van der Waals surface area contributed by atoms with Gasteiger partial charge < -0.3 is 14.6 Å². The molecule has 0 saturated carbocycles. The highest BCUT2D eigenvalue weighted by atomic mass is 32.2. The van der Waals surface area contributed by atoms with E-state index in [9.17, 15) is 13.5 Å². The van der Waals surface area contributed by atoms with Crippen molar-refractivity contribution in [1.82, 2.24) is 4.31 Å². The fourth-order valence-electron chi connectivity index (χ4n) is 2.92. The third kappa shape index (κ3) is 3.01. The van der Waals surface area contributed by atoms with Crippen molar-refractivity contribution in [3.05, 3.63) is 41.6 Å². The van der Waals surface area contributed by atoms with Gasteiger partial charge in [-0.2, -0.15) is 0 Å². The quantitative estimate of drug-likeness (QED) is 0.901. The van der Waals surface area contributed by atoms with Crippen LogP contribution in [0.4, 0.5) is 0 Å². The molecule has 1 saturated heterocycles. The number of sulfonamides is 1. The van der Waals surface area contributed by atoms with Crippen LogP contribution in [0.15, 0.2) is 40.9 Å². The summed E-state index contributed by atoms with van der Waals surface area (Å²) in [7, 11) is -3.75. The molecule has 2 atom stereocenters. The average molecular weight is 339 g/mol. The summed E-state index contributed by atoms with van der Waals surface area (Å²) >= 11 is 0. The number of nitrogens with zero attached hydrogens (tertiary/aromatic N) is 1. The number of rotatable bonds is 3. The Bertz CT molecular complexity index is 723. The first-order valence-corrected chi connectivity index (χ1v) is 8.93. The van der Waals surface area contributed by atoms with Crippen molar-refractivity contribution in [2.45, 2.75) is 43.7 Å². The van der Waals surface area contributed by atoms with Crippen LogP contribution < -0.4 is 0 Å². The molecule has 0 bridgehead atoms. The molecule has 2 heterocycles. The smallest absolute Gasteiger partial charge is 0.264 e. The van der Waals surface area contributed by atoms with Crippen molar-refractivity contribution in [2.24, 2.45) is 0 Å². The average Bonchev–Trinajstić information content (AvgIpc) is 2.79. The van der Waals surface area contributed by atoms with Crippen molar-refractivity contribution in [1.29, 1.82) is 0 Å². The van der Waals surface area contributed by atoms with E-state index in [0.717, 1.165) is 5.56 Å². The number of aryl methyl sites for hydroxylation is 1. The molecule has 0 amide bonds. The summed E-state index contributed by atoms with van der Waals surface area (Å²) in [5, 5.41) is 9.60. The zero-order chi connectivity index (χ0) is 16.8. The molecule has 23 heavy (non-hydrogen) atoms. The van der Waals surface area contributed by atoms with Crippen LogP contribution in [0.1, 0.15) is 19.4 Å². The van der Waals surface area contributed by atoms with Crippen molar-refractivity contribution in [2.75, 3.05) is 13.2 Å². The summed E-state index contributed by atoms with van der Waals surface area (Å²) in [6.07, 6.45) is 0.895. The second-order valence-corrected chi connectivity index (χ2v) is 8.17. The molecule has 126 valence electrons. The van der Waals surface area contributed by atoms with Gasteiger partial charge in [0.25, 0.3) is 10.0 Å². The third-order valence-electron chi connectivity index (χ3n) is 4.02. The maximum atomic E-state index is 12.9. The number of hydrogen-bond donors (Lipinski definition) is 1. The van der Waals surface area contributed by atoms with E-state index in [0.29, 0.717) is 5.70 Å². The highest BCUT2D eigenvalue weighted by Gasteiger charge is 2.46. The van der Waals surface area contributed by atoms with Crippen molar-refractivity contribution in [3.8, 4) is 0 Å². The lowest BCUT2D eigenvalue weighted by atomic mass is 10.1. The molecule has 0 spiro atoms. The van der Waals surface area contributed by atoms with E-state index >= 15 is 0 Å². The van der Waals surface area contributed by atoms with Crippen LogP contribution in [0, 0.1) is 6.92 Å². The first-order valence-electron chi connectivity index (χ1n) is 7.49. The summed E-state index contributed by atoms with van der Waals surface area (Å²) < 4.78 is 38.5. The number of aliphatic hydroxyl groups excluding tert-OH is 1. The van der Waals surface area contributed by atoms with Crippen LogP contribution in [0.25, 0.3) is 0 Å². The number of benzene rings is 1. The van der Waals surface area contributed by atoms with Crippen LogP contribution in [0.3, 0.4) is 0 Å². The van der Waals surface area contributed by atoms with E-state index in [1.54, 1.807) is 44.2 Å². The number of hydrogen-bond acceptors (Lipinski definition) is 5. The van der Waals surface area contributed by atoms with Crippen molar-refractivity contribution in [3.63, 3.8) is 0 Å². The van der Waals surface area contributed by atoms with E-state index in [1.807, 2.05) is 6.92 Å². The highest BCUT2D eigenvalue weighted by Crippen LogP contribution is 2.35. The van der Waals surface area contributed by atoms with Gasteiger partial charge in [-0.3, -0.25) is 4.31 Å². The predicted molar refractivity (Wildman–Crippen MR) is 84.1 cm³/mol. The van der Waals surface area contributed by atoms with Gasteiger partial charge in [-0.15, -0.1) is 0 Å². The first kappa shape index (κ1) is 16.4. The standard InChI is InChI=1S/C16H21NO5S/c1-11-4-6-13(7-5-11)23(19,20)17-9-15-14(8-12(17)10-18)21-16(2,3)22-15/h4-8,14-15,18H,9-10H2,1-3H3/t14-,15-/m0/s1. The minimum absolute atomic E-state index is 0.122. The molecule has 2 aliphatic rings. The predicted octanol–water partition coefficient (Wildman–Crippen LogP) is 1.40. The normalized spacial score (nSPS) is 26.8. The minimum Gasteiger partial charge on any atom is -0.390 e. The molecule has 1 aromatic carbocycles. The van der Waals surface area contributed by atoms with E-state index < -0.39 is 15.8 Å². The summed E-state index contributed by atoms with van der Waals surface area (Å²) in [5.41, 5.74) is 1.29. The number of ether oxygens (including phenoxy) is 2. The topological polar surface area (TPSA) is 76.1 Å². The highest BCUT2D eigenvalue weighted by molar-refractivity contribution is 7.89. The third-order valence-corrected chi connectivity index (χ3v) is 5.85. The van der Waals surface area contributed by atoms with Gasteiger partial charge in [0.15, 0.2) is 5.79 Å². The number of fused-ring (bicyclic) bond motifs is 1. The fourth-order valence-corrected chi connectivity index (χ4v) is 4.43. The van der Waals surface area contributed by atoms with Gasteiger partial charge >= 0.3 is 0 Å². The molecule has 1 aromatic rings. The lowest BCUT2D eigenvalue weighted by Gasteiger charge is -2.33. The van der Waals surface area contributed by atoms with Gasteiger partial charge in [0.1, 0.15) is 12.2 Å². The van der Waals surface area contributed by atoms with Gasteiger partial charge in [0.05, 0.1) is 23.7 Å². The Morgan fingerprint density at radius 1 is 1.26 bits per heavy atom. The molecule has 0 aromatic heterocycles. The Kier molecular flexibility index (Phi) is 4.00. The lowest BCUT2D eigenvalue weighted by molar-refractivity contribution is -0.142. The number of aliphatic hydroxyl groups is 1. The maximum Gasteiger partial charge on any atom is 0.264 e.